The second-order valence-corrected chi connectivity index (χ2v) is 5.41. The number of phenolic OH excluding ortho intramolecular Hbond substituents is 1. The van der Waals surface area contributed by atoms with E-state index in [1.54, 1.807) is 6.92 Å². The van der Waals surface area contributed by atoms with Crippen LogP contribution in [0.1, 0.15) is 17.5 Å². The van der Waals surface area contributed by atoms with E-state index >= 15 is 0 Å². The molecule has 1 aromatic heterocycles. The molecule has 4 N–H and O–H groups in total. The van der Waals surface area contributed by atoms with Crippen LogP contribution >= 0.6 is 34.5 Å². The SMILES string of the molecule is Cc1c(Cl)cc(Nc2nc(C(O)O)cs2)c(O)c1Cl. The molecule has 0 aliphatic heterocycles. The van der Waals surface area contributed by atoms with Crippen LogP contribution in [0.3, 0.4) is 0 Å². The topological polar surface area (TPSA) is 85.6 Å². The molecule has 0 fully saturated rings. The Bertz CT molecular complexity index is 616. The first-order valence-corrected chi connectivity index (χ1v) is 6.80. The minimum atomic E-state index is -1.63. The van der Waals surface area contributed by atoms with Gasteiger partial charge in [0.25, 0.3) is 0 Å². The molecule has 0 radical (unpaired) electrons. The van der Waals surface area contributed by atoms with Crippen LogP contribution in [0.4, 0.5) is 10.8 Å². The molecule has 0 amide bonds. The van der Waals surface area contributed by atoms with E-state index in [9.17, 15) is 5.11 Å². The second-order valence-electron chi connectivity index (χ2n) is 3.77. The molecule has 0 spiro atoms. The van der Waals surface area contributed by atoms with E-state index in [0.717, 1.165) is 11.3 Å². The zero-order chi connectivity index (χ0) is 14.2. The van der Waals surface area contributed by atoms with E-state index in [2.05, 4.69) is 10.3 Å². The molecule has 5 nitrogen and oxygen atoms in total. The van der Waals surface area contributed by atoms with Crippen molar-refractivity contribution in [3.8, 4) is 5.75 Å². The molecule has 0 saturated heterocycles. The fourth-order valence-electron chi connectivity index (χ4n) is 1.38. The fourth-order valence-corrected chi connectivity index (χ4v) is 2.57. The lowest BCUT2D eigenvalue weighted by molar-refractivity contribution is -0.0453. The van der Waals surface area contributed by atoms with Gasteiger partial charge in [-0.15, -0.1) is 11.3 Å². The van der Waals surface area contributed by atoms with Gasteiger partial charge in [-0.05, 0) is 18.6 Å². The number of phenols is 1. The first kappa shape index (κ1) is 14.4. The van der Waals surface area contributed by atoms with Crippen molar-refractivity contribution in [2.75, 3.05) is 5.32 Å². The van der Waals surface area contributed by atoms with Gasteiger partial charge in [-0.3, -0.25) is 0 Å². The molecule has 0 atom stereocenters. The summed E-state index contributed by atoms with van der Waals surface area (Å²) in [5.41, 5.74) is 1.00. The van der Waals surface area contributed by atoms with Crippen molar-refractivity contribution in [3.63, 3.8) is 0 Å². The first-order chi connectivity index (χ1) is 8.90. The van der Waals surface area contributed by atoms with Crippen LogP contribution in [0.25, 0.3) is 0 Å². The number of thiazole rings is 1. The third-order valence-electron chi connectivity index (χ3n) is 2.45. The van der Waals surface area contributed by atoms with E-state index in [1.807, 2.05) is 0 Å². The minimum absolute atomic E-state index is 0.122. The minimum Gasteiger partial charge on any atom is -0.504 e. The molecule has 19 heavy (non-hydrogen) atoms. The van der Waals surface area contributed by atoms with Crippen molar-refractivity contribution in [2.24, 2.45) is 0 Å². The number of halogens is 2. The molecule has 0 aliphatic carbocycles. The number of benzene rings is 1. The van der Waals surface area contributed by atoms with Gasteiger partial charge in [0.05, 0.1) is 10.7 Å². The van der Waals surface area contributed by atoms with Crippen LogP contribution in [0, 0.1) is 6.92 Å². The van der Waals surface area contributed by atoms with Gasteiger partial charge in [-0.1, -0.05) is 23.2 Å². The molecule has 8 heteroatoms. The molecule has 0 bridgehead atoms. The summed E-state index contributed by atoms with van der Waals surface area (Å²) in [4.78, 5) is 3.94. The maximum atomic E-state index is 9.91. The zero-order valence-corrected chi connectivity index (χ0v) is 12.0. The second kappa shape index (κ2) is 5.52. The molecule has 1 heterocycles. The predicted molar refractivity (Wildman–Crippen MR) is 75.4 cm³/mol. The van der Waals surface area contributed by atoms with Crippen LogP contribution in [0.15, 0.2) is 11.4 Å². The summed E-state index contributed by atoms with van der Waals surface area (Å²) < 4.78 is 0. The van der Waals surface area contributed by atoms with Crippen molar-refractivity contribution < 1.29 is 15.3 Å². The number of aliphatic hydroxyl groups excluding tert-OH is 1. The molecular weight excluding hydrogens is 311 g/mol. The molecule has 0 saturated carbocycles. The Kier molecular flexibility index (Phi) is 4.17. The Balaban J connectivity index is 2.33. The predicted octanol–water partition coefficient (Wildman–Crippen LogP) is 3.19. The lowest BCUT2D eigenvalue weighted by atomic mass is 10.2. The third-order valence-corrected chi connectivity index (χ3v) is 4.08. The van der Waals surface area contributed by atoms with E-state index in [0.29, 0.717) is 21.4 Å². The van der Waals surface area contributed by atoms with Gasteiger partial charge in [-0.2, -0.15) is 0 Å². The number of aromatic nitrogens is 1. The Labute approximate surface area is 123 Å². The number of rotatable bonds is 3. The van der Waals surface area contributed by atoms with Gasteiger partial charge in [0.1, 0.15) is 5.69 Å². The number of hydrogen-bond donors (Lipinski definition) is 4. The summed E-state index contributed by atoms with van der Waals surface area (Å²) in [6.45, 7) is 1.69. The molecule has 2 rings (SSSR count). The molecular formula is C11H10Cl2N2O3S. The highest BCUT2D eigenvalue weighted by atomic mass is 35.5. The standard InChI is InChI=1S/C11H10Cl2N2O3S/c1-4-5(12)2-6(9(16)8(4)13)14-11-15-7(3-19-11)10(17)18/h2-3,10,16-18H,1H3,(H,14,15). The largest absolute Gasteiger partial charge is 0.504 e. The summed E-state index contributed by atoms with van der Waals surface area (Å²) in [6, 6.07) is 1.52. The smallest absolute Gasteiger partial charge is 0.196 e. The Morgan fingerprint density at radius 2 is 2.05 bits per heavy atom. The number of anilines is 2. The number of nitrogens with one attached hydrogen (secondary N) is 1. The van der Waals surface area contributed by atoms with E-state index in [4.69, 9.17) is 33.4 Å². The van der Waals surface area contributed by atoms with Crippen LogP contribution in [-0.4, -0.2) is 20.3 Å². The molecule has 2 aromatic rings. The first-order valence-electron chi connectivity index (χ1n) is 5.16. The maximum absolute atomic E-state index is 9.91. The van der Waals surface area contributed by atoms with Gasteiger partial charge in [0.15, 0.2) is 17.2 Å². The van der Waals surface area contributed by atoms with E-state index in [1.165, 1.54) is 11.4 Å². The van der Waals surface area contributed by atoms with Crippen molar-refractivity contribution in [3.05, 3.63) is 32.7 Å². The summed E-state index contributed by atoms with van der Waals surface area (Å²) >= 11 is 13.1. The molecule has 1 aromatic carbocycles. The lowest BCUT2D eigenvalue weighted by Crippen LogP contribution is -1.96. The van der Waals surface area contributed by atoms with Crippen LogP contribution in [-0.2, 0) is 0 Å². The van der Waals surface area contributed by atoms with Crippen LogP contribution in [0.5, 0.6) is 5.75 Å². The third kappa shape index (κ3) is 2.93. The highest BCUT2D eigenvalue weighted by Gasteiger charge is 2.14. The van der Waals surface area contributed by atoms with Crippen molar-refractivity contribution >= 4 is 45.4 Å². The summed E-state index contributed by atoms with van der Waals surface area (Å²) in [6.07, 6.45) is -1.63. The van der Waals surface area contributed by atoms with Gasteiger partial charge < -0.3 is 20.6 Å². The van der Waals surface area contributed by atoms with Gasteiger partial charge in [0, 0.05) is 10.4 Å². The van der Waals surface area contributed by atoms with E-state index in [-0.39, 0.29) is 16.5 Å². The fraction of sp³-hybridized carbons (Fsp3) is 0.182. The summed E-state index contributed by atoms with van der Waals surface area (Å²) in [7, 11) is 0. The number of aliphatic hydroxyl groups is 2. The Morgan fingerprint density at radius 1 is 1.37 bits per heavy atom. The highest BCUT2D eigenvalue weighted by molar-refractivity contribution is 7.13. The normalized spacial score (nSPS) is 11.1. The van der Waals surface area contributed by atoms with Gasteiger partial charge in [-0.25, -0.2) is 4.98 Å². The van der Waals surface area contributed by atoms with Crippen LogP contribution in [0.2, 0.25) is 10.0 Å². The van der Waals surface area contributed by atoms with Crippen molar-refractivity contribution in [2.45, 2.75) is 13.2 Å². The lowest BCUT2D eigenvalue weighted by Gasteiger charge is -2.10. The summed E-state index contributed by atoms with van der Waals surface area (Å²) in [5, 5.41) is 33.1. The Morgan fingerprint density at radius 3 is 2.63 bits per heavy atom. The number of nitrogens with zero attached hydrogens (tertiary/aromatic N) is 1. The maximum Gasteiger partial charge on any atom is 0.196 e. The van der Waals surface area contributed by atoms with Crippen molar-refractivity contribution in [1.29, 1.82) is 0 Å². The Hall–Kier alpha value is -1.05. The average molecular weight is 321 g/mol. The molecule has 0 aliphatic rings. The van der Waals surface area contributed by atoms with Crippen molar-refractivity contribution in [1.82, 2.24) is 4.98 Å². The molecule has 102 valence electrons. The van der Waals surface area contributed by atoms with Gasteiger partial charge >= 0.3 is 0 Å². The number of hydrogen-bond acceptors (Lipinski definition) is 6. The monoisotopic (exact) mass is 320 g/mol. The van der Waals surface area contributed by atoms with E-state index < -0.39 is 6.29 Å². The quantitative estimate of drug-likeness (QED) is 0.515. The number of aromatic hydroxyl groups is 1. The van der Waals surface area contributed by atoms with Gasteiger partial charge in [0.2, 0.25) is 0 Å². The molecule has 0 unspecified atom stereocenters. The summed E-state index contributed by atoms with van der Waals surface area (Å²) in [5.74, 6) is -0.134. The van der Waals surface area contributed by atoms with Crippen LogP contribution < -0.4 is 5.32 Å². The zero-order valence-electron chi connectivity index (χ0n) is 9.69. The average Bonchev–Trinajstić information content (AvgIpc) is 2.82. The highest BCUT2D eigenvalue weighted by Crippen LogP contribution is 2.40.